The largest absolute Gasteiger partial charge is 0.508 e. The molecule has 0 bridgehead atoms. The van der Waals surface area contributed by atoms with Gasteiger partial charge in [-0.2, -0.15) is 13.2 Å². The molecule has 3 N–H and O–H groups in total. The quantitative estimate of drug-likeness (QED) is 0.289. The monoisotopic (exact) mass is 530 g/mol. The minimum absolute atomic E-state index is 0. The number of rotatable bonds is 7. The van der Waals surface area contributed by atoms with Crippen LogP contribution in [-0.4, -0.2) is 36.2 Å². The molecule has 156 valence electrons. The summed E-state index contributed by atoms with van der Waals surface area (Å²) < 4.78 is 42.8. The fraction of sp³-hybridized carbons (Fsp3) is 0.412. The van der Waals surface area contributed by atoms with Gasteiger partial charge < -0.3 is 20.5 Å². The van der Waals surface area contributed by atoms with E-state index in [0.717, 1.165) is 16.7 Å². The molecule has 0 unspecified atom stereocenters. The van der Waals surface area contributed by atoms with Crippen molar-refractivity contribution in [2.45, 2.75) is 26.1 Å². The first kappa shape index (κ1) is 24.3. The van der Waals surface area contributed by atoms with E-state index in [1.54, 1.807) is 12.1 Å². The number of hydrogen-bond donors (Lipinski definition) is 3. The van der Waals surface area contributed by atoms with Gasteiger partial charge in [0.25, 0.3) is 0 Å². The summed E-state index contributed by atoms with van der Waals surface area (Å²) in [6.07, 6.45) is -4.08. The van der Waals surface area contributed by atoms with Crippen LogP contribution in [0.4, 0.5) is 13.2 Å². The lowest BCUT2D eigenvalue weighted by molar-refractivity contribution is -0.140. The maximum atomic E-state index is 12.6. The summed E-state index contributed by atoms with van der Waals surface area (Å²) in [7, 11) is 1.54. The molecule has 0 aliphatic heterocycles. The highest BCUT2D eigenvalue weighted by Gasteiger charge is 2.33. The van der Waals surface area contributed by atoms with Crippen LogP contribution in [0, 0.1) is 0 Å². The fourth-order valence-corrected chi connectivity index (χ4v) is 2.97. The molecule has 0 aliphatic carbocycles. The maximum absolute atomic E-state index is 12.6. The van der Waals surface area contributed by atoms with Crippen LogP contribution in [-0.2, 0) is 19.1 Å². The van der Waals surface area contributed by atoms with E-state index in [1.165, 1.54) is 13.2 Å². The Kier molecular flexibility index (Phi) is 9.79. The van der Waals surface area contributed by atoms with Gasteiger partial charge in [-0.05, 0) is 25.1 Å². The number of hydrogen-bond acceptors (Lipinski definition) is 5. The van der Waals surface area contributed by atoms with Crippen molar-refractivity contribution in [1.82, 2.24) is 15.6 Å². The van der Waals surface area contributed by atoms with Gasteiger partial charge in [0.1, 0.15) is 11.5 Å². The first-order chi connectivity index (χ1) is 12.8. The van der Waals surface area contributed by atoms with Crippen LogP contribution in [0.15, 0.2) is 28.6 Å². The third-order valence-electron chi connectivity index (χ3n) is 3.51. The van der Waals surface area contributed by atoms with Crippen molar-refractivity contribution in [1.29, 1.82) is 0 Å². The topological polar surface area (TPSA) is 78.8 Å². The van der Waals surface area contributed by atoms with Crippen molar-refractivity contribution in [2.75, 3.05) is 20.2 Å². The Hall–Kier alpha value is -1.76. The molecule has 1 aromatic heterocycles. The second-order valence-electron chi connectivity index (χ2n) is 5.49. The standard InChI is InChI=1S/C17H21F3N4O2S.HI/c1-3-21-16(23-9-11-8-12(26-2)4-5-13(11)25)22-7-6-15-24-14(10-27-15)17(18,19)20;/h4-5,8,10,25H,3,6-7,9H2,1-2H3,(H2,21,22,23);1H. The van der Waals surface area contributed by atoms with Crippen molar-refractivity contribution in [3.63, 3.8) is 0 Å². The lowest BCUT2D eigenvalue weighted by Gasteiger charge is -2.11. The van der Waals surface area contributed by atoms with Gasteiger partial charge in [-0.1, -0.05) is 0 Å². The molecule has 0 fully saturated rings. The molecular weight excluding hydrogens is 508 g/mol. The van der Waals surface area contributed by atoms with Gasteiger partial charge in [0, 0.05) is 30.5 Å². The highest BCUT2D eigenvalue weighted by molar-refractivity contribution is 14.0. The minimum Gasteiger partial charge on any atom is -0.508 e. The Morgan fingerprint density at radius 1 is 1.32 bits per heavy atom. The van der Waals surface area contributed by atoms with Crippen LogP contribution in [0.25, 0.3) is 0 Å². The molecule has 1 heterocycles. The minimum atomic E-state index is -4.42. The Morgan fingerprint density at radius 3 is 2.68 bits per heavy atom. The molecule has 0 spiro atoms. The Morgan fingerprint density at radius 2 is 2.07 bits per heavy atom. The predicted octanol–water partition coefficient (Wildman–Crippen LogP) is 3.79. The molecular formula is C17H22F3IN4O2S. The fourth-order valence-electron chi connectivity index (χ4n) is 2.17. The Balaban J connectivity index is 0.00000392. The van der Waals surface area contributed by atoms with E-state index >= 15 is 0 Å². The lowest BCUT2D eigenvalue weighted by atomic mass is 10.2. The molecule has 0 saturated heterocycles. The smallest absolute Gasteiger partial charge is 0.434 e. The number of phenols is 1. The second kappa shape index (κ2) is 11.3. The number of aliphatic imine (C=N–C) groups is 1. The van der Waals surface area contributed by atoms with Gasteiger partial charge in [0.05, 0.1) is 18.7 Å². The first-order valence-electron chi connectivity index (χ1n) is 8.23. The summed E-state index contributed by atoms with van der Waals surface area (Å²) in [5, 5.41) is 17.4. The molecule has 0 aliphatic rings. The zero-order valence-corrected chi connectivity index (χ0v) is 18.5. The Bertz CT molecular complexity index is 784. The Labute approximate surface area is 182 Å². The van der Waals surface area contributed by atoms with Gasteiger partial charge in [-0.15, -0.1) is 35.3 Å². The van der Waals surface area contributed by atoms with Crippen molar-refractivity contribution in [2.24, 2.45) is 4.99 Å². The van der Waals surface area contributed by atoms with E-state index < -0.39 is 11.9 Å². The number of ether oxygens (including phenoxy) is 1. The van der Waals surface area contributed by atoms with Crippen LogP contribution >= 0.6 is 35.3 Å². The van der Waals surface area contributed by atoms with E-state index in [9.17, 15) is 18.3 Å². The molecule has 2 aromatic rings. The molecule has 0 atom stereocenters. The molecule has 2 rings (SSSR count). The summed E-state index contributed by atoms with van der Waals surface area (Å²) >= 11 is 0.979. The van der Waals surface area contributed by atoms with Gasteiger partial charge in [0.2, 0.25) is 0 Å². The molecule has 11 heteroatoms. The highest BCUT2D eigenvalue weighted by atomic mass is 127. The average Bonchev–Trinajstić information content (AvgIpc) is 3.10. The number of aromatic hydroxyl groups is 1. The summed E-state index contributed by atoms with van der Waals surface area (Å²) in [6, 6.07) is 4.87. The SMILES string of the molecule is CCNC(=NCc1cc(OC)ccc1O)NCCc1nc(C(F)(F)F)cs1.I. The number of nitrogens with zero attached hydrogens (tertiary/aromatic N) is 2. The number of nitrogens with one attached hydrogen (secondary N) is 2. The van der Waals surface area contributed by atoms with Crippen molar-refractivity contribution in [3.8, 4) is 11.5 Å². The van der Waals surface area contributed by atoms with E-state index in [4.69, 9.17) is 4.74 Å². The van der Waals surface area contributed by atoms with E-state index in [1.807, 2.05) is 6.92 Å². The number of phenolic OH excluding ortho intramolecular Hbond substituents is 1. The number of alkyl halides is 3. The molecule has 6 nitrogen and oxygen atoms in total. The molecule has 28 heavy (non-hydrogen) atoms. The van der Waals surface area contributed by atoms with E-state index in [0.29, 0.717) is 41.8 Å². The number of thiazole rings is 1. The zero-order valence-electron chi connectivity index (χ0n) is 15.3. The predicted molar refractivity (Wildman–Crippen MR) is 114 cm³/mol. The molecule has 0 amide bonds. The van der Waals surface area contributed by atoms with Gasteiger partial charge in [-0.3, -0.25) is 0 Å². The lowest BCUT2D eigenvalue weighted by Crippen LogP contribution is -2.38. The molecule has 0 saturated carbocycles. The zero-order chi connectivity index (χ0) is 19.9. The van der Waals surface area contributed by atoms with Crippen molar-refractivity contribution < 1.29 is 23.0 Å². The molecule has 0 radical (unpaired) electrons. The van der Waals surface area contributed by atoms with Gasteiger partial charge in [-0.25, -0.2) is 9.98 Å². The second-order valence-corrected chi connectivity index (χ2v) is 6.43. The van der Waals surface area contributed by atoms with Gasteiger partial charge in [0.15, 0.2) is 11.7 Å². The summed E-state index contributed by atoms with van der Waals surface area (Å²) in [5.74, 6) is 1.21. The number of methoxy groups -OCH3 is 1. The van der Waals surface area contributed by atoms with Crippen molar-refractivity contribution >= 4 is 41.3 Å². The third-order valence-corrected chi connectivity index (χ3v) is 4.42. The van der Waals surface area contributed by atoms with Gasteiger partial charge >= 0.3 is 6.18 Å². The number of aromatic nitrogens is 1. The number of guanidine groups is 1. The highest BCUT2D eigenvalue weighted by Crippen LogP contribution is 2.30. The van der Waals surface area contributed by atoms with Crippen LogP contribution in [0.5, 0.6) is 11.5 Å². The summed E-state index contributed by atoms with van der Waals surface area (Å²) in [6.45, 7) is 3.11. The first-order valence-corrected chi connectivity index (χ1v) is 9.11. The van der Waals surface area contributed by atoms with E-state index in [2.05, 4.69) is 20.6 Å². The van der Waals surface area contributed by atoms with Crippen LogP contribution < -0.4 is 15.4 Å². The summed E-state index contributed by atoms with van der Waals surface area (Å²) in [4.78, 5) is 7.97. The maximum Gasteiger partial charge on any atom is 0.434 e. The third kappa shape index (κ3) is 7.34. The normalized spacial score (nSPS) is 11.7. The number of benzene rings is 1. The van der Waals surface area contributed by atoms with Crippen LogP contribution in [0.2, 0.25) is 0 Å². The molecule has 1 aromatic carbocycles. The van der Waals surface area contributed by atoms with Crippen molar-refractivity contribution in [3.05, 3.63) is 39.8 Å². The summed E-state index contributed by atoms with van der Waals surface area (Å²) in [5.41, 5.74) is -0.266. The van der Waals surface area contributed by atoms with Crippen LogP contribution in [0.3, 0.4) is 0 Å². The van der Waals surface area contributed by atoms with Crippen LogP contribution in [0.1, 0.15) is 23.2 Å². The average molecular weight is 530 g/mol. The van der Waals surface area contributed by atoms with E-state index in [-0.39, 0.29) is 36.3 Å². The number of halogens is 4.